The van der Waals surface area contributed by atoms with Crippen LogP contribution in [0.2, 0.25) is 0 Å². The maximum absolute atomic E-state index is 13.5. The van der Waals surface area contributed by atoms with Gasteiger partial charge in [0.2, 0.25) is 0 Å². The third kappa shape index (κ3) is 2.57. The van der Waals surface area contributed by atoms with Crippen molar-refractivity contribution >= 4 is 0 Å². The number of piperazine rings is 1. The van der Waals surface area contributed by atoms with Gasteiger partial charge in [-0.25, -0.2) is 0 Å². The molecule has 1 heterocycles. The second-order valence-corrected chi connectivity index (χ2v) is 6.12. The fourth-order valence-electron chi connectivity index (χ4n) is 3.45. The Morgan fingerprint density at radius 1 is 1.24 bits per heavy atom. The molecule has 0 bridgehead atoms. The summed E-state index contributed by atoms with van der Waals surface area (Å²) >= 11 is 0. The van der Waals surface area contributed by atoms with Crippen molar-refractivity contribution < 1.29 is 13.2 Å². The molecule has 1 N–H and O–H groups in total. The minimum atomic E-state index is -4.13. The van der Waals surface area contributed by atoms with Gasteiger partial charge in [-0.15, -0.1) is 0 Å². The van der Waals surface area contributed by atoms with Crippen LogP contribution in [0.4, 0.5) is 13.2 Å². The molecule has 1 aliphatic heterocycles. The van der Waals surface area contributed by atoms with Crippen LogP contribution >= 0.6 is 0 Å². The summed E-state index contributed by atoms with van der Waals surface area (Å²) < 4.78 is 40.4. The predicted molar refractivity (Wildman–Crippen MR) is 76.0 cm³/mol. The Bertz CT molecular complexity index is 482. The number of benzene rings is 1. The molecule has 0 aromatic heterocycles. The van der Waals surface area contributed by atoms with Crippen LogP contribution < -0.4 is 5.32 Å². The summed E-state index contributed by atoms with van der Waals surface area (Å²) in [7, 11) is 0. The van der Waals surface area contributed by atoms with Gasteiger partial charge < -0.3 is 5.32 Å². The molecule has 1 aromatic rings. The van der Waals surface area contributed by atoms with Crippen molar-refractivity contribution in [1.29, 1.82) is 0 Å². The largest absolute Gasteiger partial charge is 0.406 e. The third-order valence-corrected chi connectivity index (χ3v) is 4.89. The second-order valence-electron chi connectivity index (χ2n) is 6.12. The van der Waals surface area contributed by atoms with Gasteiger partial charge in [0.15, 0.2) is 0 Å². The summed E-state index contributed by atoms with van der Waals surface area (Å²) in [6, 6.07) is 9.71. The van der Waals surface area contributed by atoms with E-state index in [0.29, 0.717) is 13.1 Å². The average Bonchev–Trinajstić information content (AvgIpc) is 3.29. The maximum Gasteiger partial charge on any atom is 0.406 e. The van der Waals surface area contributed by atoms with Gasteiger partial charge >= 0.3 is 6.18 Å². The van der Waals surface area contributed by atoms with Crippen LogP contribution in [0.3, 0.4) is 0 Å². The molecule has 2 fully saturated rings. The summed E-state index contributed by atoms with van der Waals surface area (Å²) in [4.78, 5) is 1.72. The van der Waals surface area contributed by atoms with Crippen LogP contribution in [0.15, 0.2) is 30.3 Å². The molecule has 5 heteroatoms. The molecule has 1 aliphatic carbocycles. The van der Waals surface area contributed by atoms with E-state index in [4.69, 9.17) is 0 Å². The molecule has 2 atom stereocenters. The first kappa shape index (κ1) is 14.9. The van der Waals surface area contributed by atoms with E-state index in [1.807, 2.05) is 37.3 Å². The fourth-order valence-corrected chi connectivity index (χ4v) is 3.45. The number of nitrogens with zero attached hydrogens (tertiary/aromatic N) is 1. The molecule has 21 heavy (non-hydrogen) atoms. The topological polar surface area (TPSA) is 15.3 Å². The van der Waals surface area contributed by atoms with Crippen LogP contribution in [-0.4, -0.2) is 35.7 Å². The standard InChI is InChI=1S/C16H21F3N2/c1-2-13-10-20-14(12-6-4-3-5-7-12)11-21(13)15(8-9-15)16(17,18)19/h3-7,13-14,20H,2,8-11H2,1H3. The maximum atomic E-state index is 13.5. The number of rotatable bonds is 3. The van der Waals surface area contributed by atoms with Crippen LogP contribution in [0, 0.1) is 0 Å². The SMILES string of the molecule is CCC1CNC(c2ccccc2)CN1C1(C(F)(F)F)CC1. The number of halogens is 3. The zero-order valence-electron chi connectivity index (χ0n) is 12.2. The van der Waals surface area contributed by atoms with Crippen molar-refractivity contribution in [3.63, 3.8) is 0 Å². The zero-order valence-corrected chi connectivity index (χ0v) is 12.2. The van der Waals surface area contributed by atoms with Crippen LogP contribution in [0.25, 0.3) is 0 Å². The van der Waals surface area contributed by atoms with Gasteiger partial charge in [-0.1, -0.05) is 37.3 Å². The number of hydrogen-bond donors (Lipinski definition) is 1. The molecule has 0 radical (unpaired) electrons. The van der Waals surface area contributed by atoms with E-state index in [1.54, 1.807) is 4.90 Å². The van der Waals surface area contributed by atoms with Crippen molar-refractivity contribution in [2.24, 2.45) is 0 Å². The highest BCUT2D eigenvalue weighted by molar-refractivity contribution is 5.22. The first-order chi connectivity index (χ1) is 9.98. The number of hydrogen-bond acceptors (Lipinski definition) is 2. The Balaban J connectivity index is 1.84. The molecule has 1 aromatic carbocycles. The summed E-state index contributed by atoms with van der Waals surface area (Å²) in [6.07, 6.45) is -2.89. The Morgan fingerprint density at radius 2 is 1.90 bits per heavy atom. The lowest BCUT2D eigenvalue weighted by Gasteiger charge is -2.45. The summed E-state index contributed by atoms with van der Waals surface area (Å²) in [5.74, 6) is 0. The first-order valence-electron chi connectivity index (χ1n) is 7.60. The second kappa shape index (κ2) is 5.29. The lowest BCUT2D eigenvalue weighted by molar-refractivity contribution is -0.206. The van der Waals surface area contributed by atoms with E-state index in [2.05, 4.69) is 5.32 Å². The highest BCUT2D eigenvalue weighted by Crippen LogP contribution is 2.55. The zero-order chi connectivity index (χ0) is 15.1. The first-order valence-corrected chi connectivity index (χ1v) is 7.60. The van der Waals surface area contributed by atoms with Crippen molar-refractivity contribution in [2.45, 2.75) is 50.0 Å². The molecule has 2 aliphatic rings. The highest BCUT2D eigenvalue weighted by atomic mass is 19.4. The van der Waals surface area contributed by atoms with Crippen molar-refractivity contribution in [3.05, 3.63) is 35.9 Å². The van der Waals surface area contributed by atoms with Gasteiger partial charge in [-0.2, -0.15) is 13.2 Å². The lowest BCUT2D eigenvalue weighted by atomic mass is 9.97. The molecular formula is C16H21F3N2. The Kier molecular flexibility index (Phi) is 3.74. The lowest BCUT2D eigenvalue weighted by Crippen LogP contribution is -2.61. The highest BCUT2D eigenvalue weighted by Gasteiger charge is 2.67. The van der Waals surface area contributed by atoms with Gasteiger partial charge in [0, 0.05) is 25.2 Å². The van der Waals surface area contributed by atoms with Crippen LogP contribution in [0.1, 0.15) is 37.8 Å². The third-order valence-electron chi connectivity index (χ3n) is 4.89. The van der Waals surface area contributed by atoms with E-state index < -0.39 is 11.7 Å². The Hall–Kier alpha value is -1.07. The average molecular weight is 298 g/mol. The van der Waals surface area contributed by atoms with Crippen LogP contribution in [-0.2, 0) is 0 Å². The minimum absolute atomic E-state index is 0.0196. The van der Waals surface area contributed by atoms with Gasteiger partial charge in [0.05, 0.1) is 0 Å². The fraction of sp³-hybridized carbons (Fsp3) is 0.625. The van der Waals surface area contributed by atoms with Crippen molar-refractivity contribution in [1.82, 2.24) is 10.2 Å². The molecular weight excluding hydrogens is 277 g/mol. The van der Waals surface area contributed by atoms with Gasteiger partial charge in [0.1, 0.15) is 5.54 Å². The Labute approximate surface area is 123 Å². The van der Waals surface area contributed by atoms with Gasteiger partial charge in [-0.05, 0) is 24.8 Å². The molecule has 1 saturated carbocycles. The van der Waals surface area contributed by atoms with Crippen molar-refractivity contribution in [2.75, 3.05) is 13.1 Å². The van der Waals surface area contributed by atoms with E-state index in [-0.39, 0.29) is 24.9 Å². The molecule has 0 spiro atoms. The molecule has 116 valence electrons. The van der Waals surface area contributed by atoms with Gasteiger partial charge in [0.25, 0.3) is 0 Å². The Morgan fingerprint density at radius 3 is 2.43 bits per heavy atom. The summed E-state index contributed by atoms with van der Waals surface area (Å²) in [6.45, 7) is 3.02. The molecule has 2 unspecified atom stereocenters. The number of alkyl halides is 3. The smallest absolute Gasteiger partial charge is 0.307 e. The monoisotopic (exact) mass is 298 g/mol. The summed E-state index contributed by atoms with van der Waals surface area (Å²) in [5, 5.41) is 3.41. The summed E-state index contributed by atoms with van der Waals surface area (Å²) in [5.41, 5.74) is -0.502. The van der Waals surface area contributed by atoms with Crippen molar-refractivity contribution in [3.8, 4) is 0 Å². The molecule has 3 rings (SSSR count). The van der Waals surface area contributed by atoms with E-state index in [1.165, 1.54) is 0 Å². The quantitative estimate of drug-likeness (QED) is 0.918. The van der Waals surface area contributed by atoms with Crippen LogP contribution in [0.5, 0.6) is 0 Å². The molecule has 1 saturated heterocycles. The number of nitrogens with one attached hydrogen (secondary N) is 1. The van der Waals surface area contributed by atoms with E-state index in [0.717, 1.165) is 12.0 Å². The molecule has 0 amide bonds. The predicted octanol–water partition coefficient (Wildman–Crippen LogP) is 3.51. The van der Waals surface area contributed by atoms with Gasteiger partial charge in [-0.3, -0.25) is 4.90 Å². The minimum Gasteiger partial charge on any atom is -0.307 e. The van der Waals surface area contributed by atoms with E-state index in [9.17, 15) is 13.2 Å². The van der Waals surface area contributed by atoms with E-state index >= 15 is 0 Å². The molecule has 2 nitrogen and oxygen atoms in total. The normalized spacial score (nSPS) is 29.3.